The zero-order valence-corrected chi connectivity index (χ0v) is 28.1. The summed E-state index contributed by atoms with van der Waals surface area (Å²) in [5, 5.41) is 11.2. The second-order valence-electron chi connectivity index (χ2n) is 11.7. The summed E-state index contributed by atoms with van der Waals surface area (Å²) in [6.07, 6.45) is -1.89. The summed E-state index contributed by atoms with van der Waals surface area (Å²) in [5.74, 6) is -0.809. The average molecular weight is 642 g/mol. The Bertz CT molecular complexity index is 1720. The standard InChI is InChI=1S/C38H43NO6S/c1-26-22-28(3)37(29(4)23-26)46(42,43)39(25-32-18-12-8-13-19-32)30(5)35(33-20-14-9-15-21-33)45-38(41)36(44-6)34(40)27(2)24-31-16-10-7-11-17-31/h7-24,30,34-36,40H,25H2,1-6H3/b27-24+/t30-,34-,35-,36+/m1/s1. The topological polar surface area (TPSA) is 93.1 Å². The molecule has 242 valence electrons. The molecule has 1 N–H and O–H groups in total. The Labute approximate surface area is 273 Å². The Balaban J connectivity index is 1.75. The number of aliphatic hydroxyl groups excluding tert-OH is 1. The van der Waals surface area contributed by atoms with Gasteiger partial charge in [0.25, 0.3) is 0 Å². The number of hydrogen-bond donors (Lipinski definition) is 1. The van der Waals surface area contributed by atoms with Crippen molar-refractivity contribution in [3.63, 3.8) is 0 Å². The van der Waals surface area contributed by atoms with Crippen molar-refractivity contribution in [3.8, 4) is 0 Å². The molecule has 0 bridgehead atoms. The van der Waals surface area contributed by atoms with Gasteiger partial charge >= 0.3 is 5.97 Å². The predicted octanol–water partition coefficient (Wildman–Crippen LogP) is 6.96. The predicted molar refractivity (Wildman–Crippen MR) is 181 cm³/mol. The molecule has 46 heavy (non-hydrogen) atoms. The van der Waals surface area contributed by atoms with Crippen LogP contribution < -0.4 is 0 Å². The molecule has 0 aliphatic rings. The van der Waals surface area contributed by atoms with Gasteiger partial charge in [-0.2, -0.15) is 4.31 Å². The summed E-state index contributed by atoms with van der Waals surface area (Å²) in [6.45, 7) is 9.03. The van der Waals surface area contributed by atoms with Crippen molar-refractivity contribution in [2.24, 2.45) is 0 Å². The minimum Gasteiger partial charge on any atom is -0.454 e. The molecule has 0 amide bonds. The molecule has 7 nitrogen and oxygen atoms in total. The maximum absolute atomic E-state index is 14.6. The molecule has 0 saturated heterocycles. The molecule has 0 radical (unpaired) electrons. The third kappa shape index (κ3) is 8.19. The maximum Gasteiger partial charge on any atom is 0.339 e. The molecule has 4 rings (SSSR count). The Hall–Kier alpha value is -4.08. The SMILES string of the molecule is CO[C@H](C(=O)O[C@@H](c1ccccc1)[C@@H](C)N(Cc1ccccc1)S(=O)(=O)c1c(C)cc(C)cc1C)[C@H](O)/C(C)=C/c1ccccc1. The van der Waals surface area contributed by atoms with E-state index >= 15 is 0 Å². The Morgan fingerprint density at radius 2 is 1.39 bits per heavy atom. The molecule has 0 spiro atoms. The molecule has 0 heterocycles. The van der Waals surface area contributed by atoms with Gasteiger partial charge < -0.3 is 14.6 Å². The molecular weight excluding hydrogens is 598 g/mol. The lowest BCUT2D eigenvalue weighted by atomic mass is 10.0. The molecule has 4 aromatic carbocycles. The first-order valence-corrected chi connectivity index (χ1v) is 16.7. The number of ether oxygens (including phenoxy) is 2. The van der Waals surface area contributed by atoms with Crippen molar-refractivity contribution in [1.29, 1.82) is 0 Å². The minimum atomic E-state index is -4.10. The number of nitrogens with zero attached hydrogens (tertiary/aromatic N) is 1. The second kappa shape index (κ2) is 15.5. The van der Waals surface area contributed by atoms with E-state index in [1.54, 1.807) is 45.9 Å². The van der Waals surface area contributed by atoms with Crippen LogP contribution in [0.2, 0.25) is 0 Å². The van der Waals surface area contributed by atoms with E-state index < -0.39 is 40.3 Å². The van der Waals surface area contributed by atoms with Gasteiger partial charge in [0.2, 0.25) is 10.0 Å². The second-order valence-corrected chi connectivity index (χ2v) is 13.5. The van der Waals surface area contributed by atoms with Gasteiger partial charge in [-0.3, -0.25) is 0 Å². The van der Waals surface area contributed by atoms with Crippen LogP contribution in [0.25, 0.3) is 6.08 Å². The number of sulfonamides is 1. The van der Waals surface area contributed by atoms with Crippen LogP contribution in [0.4, 0.5) is 0 Å². The number of carbonyl (C=O) groups excluding carboxylic acids is 1. The monoisotopic (exact) mass is 641 g/mol. The van der Waals surface area contributed by atoms with E-state index in [4.69, 9.17) is 9.47 Å². The van der Waals surface area contributed by atoms with Crippen molar-refractivity contribution in [2.45, 2.75) is 70.4 Å². The van der Waals surface area contributed by atoms with Crippen LogP contribution in [0.1, 0.15) is 53.3 Å². The first-order valence-electron chi connectivity index (χ1n) is 15.3. The number of rotatable bonds is 13. The van der Waals surface area contributed by atoms with Crippen molar-refractivity contribution < 1.29 is 27.8 Å². The lowest BCUT2D eigenvalue weighted by molar-refractivity contribution is -0.169. The molecule has 8 heteroatoms. The van der Waals surface area contributed by atoms with Crippen molar-refractivity contribution in [2.75, 3.05) is 7.11 Å². The molecule has 4 atom stereocenters. The van der Waals surface area contributed by atoms with Crippen LogP contribution in [-0.4, -0.2) is 49.2 Å². The number of carbonyl (C=O) groups is 1. The van der Waals surface area contributed by atoms with Crippen LogP contribution in [0.3, 0.4) is 0 Å². The van der Waals surface area contributed by atoms with Crippen LogP contribution >= 0.6 is 0 Å². The number of methoxy groups -OCH3 is 1. The van der Waals surface area contributed by atoms with E-state index in [-0.39, 0.29) is 11.4 Å². The molecule has 4 aromatic rings. The fraction of sp³-hybridized carbons (Fsp3) is 0.289. The smallest absolute Gasteiger partial charge is 0.339 e. The fourth-order valence-corrected chi connectivity index (χ4v) is 7.86. The van der Waals surface area contributed by atoms with Crippen molar-refractivity contribution >= 4 is 22.1 Å². The van der Waals surface area contributed by atoms with Crippen molar-refractivity contribution in [1.82, 2.24) is 4.31 Å². The van der Waals surface area contributed by atoms with Gasteiger partial charge in [-0.15, -0.1) is 0 Å². The van der Waals surface area contributed by atoms with Crippen LogP contribution in [0, 0.1) is 20.8 Å². The first-order chi connectivity index (χ1) is 21.9. The highest BCUT2D eigenvalue weighted by atomic mass is 32.2. The third-order valence-electron chi connectivity index (χ3n) is 8.05. The molecule has 0 unspecified atom stereocenters. The van der Waals surface area contributed by atoms with E-state index in [0.717, 1.165) is 16.7 Å². The van der Waals surface area contributed by atoms with Gasteiger partial charge in [-0.25, -0.2) is 13.2 Å². The van der Waals surface area contributed by atoms with Crippen LogP contribution in [-0.2, 0) is 30.8 Å². The summed E-state index contributed by atoms with van der Waals surface area (Å²) in [5.41, 5.74) is 5.01. The van der Waals surface area contributed by atoms with Gasteiger partial charge in [0, 0.05) is 13.7 Å². The summed E-state index contributed by atoms with van der Waals surface area (Å²) < 4.78 is 42.3. The van der Waals surface area contributed by atoms with E-state index in [1.165, 1.54) is 11.4 Å². The molecule has 0 saturated carbocycles. The Morgan fingerprint density at radius 3 is 1.93 bits per heavy atom. The van der Waals surface area contributed by atoms with Crippen LogP contribution in [0.15, 0.2) is 114 Å². The highest BCUT2D eigenvalue weighted by Crippen LogP contribution is 2.34. The number of hydrogen-bond acceptors (Lipinski definition) is 6. The molecular formula is C38H43NO6S. The van der Waals surface area contributed by atoms with E-state index in [9.17, 15) is 18.3 Å². The quantitative estimate of drug-likeness (QED) is 0.159. The van der Waals surface area contributed by atoms with E-state index in [2.05, 4.69) is 0 Å². The Morgan fingerprint density at radius 1 is 0.870 bits per heavy atom. The largest absolute Gasteiger partial charge is 0.454 e. The van der Waals surface area contributed by atoms with Gasteiger partial charge in [-0.1, -0.05) is 115 Å². The maximum atomic E-state index is 14.6. The number of esters is 1. The highest BCUT2D eigenvalue weighted by Gasteiger charge is 2.40. The van der Waals surface area contributed by atoms with Gasteiger partial charge in [-0.05, 0) is 68.0 Å². The Kier molecular flexibility index (Phi) is 11.7. The zero-order valence-electron chi connectivity index (χ0n) is 27.3. The highest BCUT2D eigenvalue weighted by molar-refractivity contribution is 7.89. The number of aryl methyl sites for hydroxylation is 3. The van der Waals surface area contributed by atoms with E-state index in [0.29, 0.717) is 22.3 Å². The fourth-order valence-electron chi connectivity index (χ4n) is 5.82. The van der Waals surface area contributed by atoms with E-state index in [1.807, 2.05) is 97.9 Å². The minimum absolute atomic E-state index is 0.0488. The van der Waals surface area contributed by atoms with Crippen molar-refractivity contribution in [3.05, 3.63) is 142 Å². The summed E-state index contributed by atoms with van der Waals surface area (Å²) >= 11 is 0. The average Bonchev–Trinajstić information content (AvgIpc) is 3.03. The summed E-state index contributed by atoms with van der Waals surface area (Å²) in [4.78, 5) is 14.0. The van der Waals surface area contributed by atoms with Gasteiger partial charge in [0.05, 0.1) is 10.9 Å². The summed E-state index contributed by atoms with van der Waals surface area (Å²) in [7, 11) is -2.77. The van der Waals surface area contributed by atoms with Gasteiger partial charge in [0.1, 0.15) is 12.2 Å². The van der Waals surface area contributed by atoms with Gasteiger partial charge in [0.15, 0.2) is 6.10 Å². The molecule has 0 aliphatic heterocycles. The number of benzene rings is 4. The molecule has 0 fully saturated rings. The normalized spacial score (nSPS) is 14.8. The molecule has 0 aromatic heterocycles. The lowest BCUT2D eigenvalue weighted by Gasteiger charge is -2.35. The third-order valence-corrected chi connectivity index (χ3v) is 10.3. The first kappa shape index (κ1) is 34.8. The van der Waals surface area contributed by atoms with Crippen LogP contribution in [0.5, 0.6) is 0 Å². The lowest BCUT2D eigenvalue weighted by Crippen LogP contribution is -2.45. The number of aliphatic hydroxyl groups is 1. The summed E-state index contributed by atoms with van der Waals surface area (Å²) in [6, 6.07) is 30.7. The molecule has 0 aliphatic carbocycles. The zero-order chi connectivity index (χ0) is 33.4.